The molecule has 0 saturated heterocycles. The predicted molar refractivity (Wildman–Crippen MR) is 104 cm³/mol. The van der Waals surface area contributed by atoms with Crippen molar-refractivity contribution in [1.29, 1.82) is 0 Å². The number of benzene rings is 2. The molecule has 0 saturated carbocycles. The number of hydrogen-bond acceptors (Lipinski definition) is 3. The first-order chi connectivity index (χ1) is 12.7. The third kappa shape index (κ3) is 4.76. The Balaban J connectivity index is 1.50. The Bertz CT molecular complexity index is 817. The van der Waals surface area contributed by atoms with E-state index in [1.807, 2.05) is 43.4 Å². The van der Waals surface area contributed by atoms with E-state index in [9.17, 15) is 4.79 Å². The molecule has 1 heterocycles. The second-order valence-electron chi connectivity index (χ2n) is 6.33. The van der Waals surface area contributed by atoms with Gasteiger partial charge < -0.3 is 4.90 Å². The van der Waals surface area contributed by atoms with Crippen molar-refractivity contribution < 1.29 is 4.79 Å². The van der Waals surface area contributed by atoms with Crippen molar-refractivity contribution in [3.63, 3.8) is 0 Å². The molecule has 0 bridgehead atoms. The molecule has 132 valence electrons. The van der Waals surface area contributed by atoms with E-state index < -0.39 is 0 Å². The van der Waals surface area contributed by atoms with Crippen molar-refractivity contribution in [2.45, 2.75) is 19.3 Å². The van der Waals surface area contributed by atoms with Crippen molar-refractivity contribution in [3.05, 3.63) is 84.2 Å². The number of hydrogen-bond donors (Lipinski definition) is 0. The lowest BCUT2D eigenvalue weighted by Crippen LogP contribution is -2.28. The van der Waals surface area contributed by atoms with Gasteiger partial charge in [-0.1, -0.05) is 60.7 Å². The van der Waals surface area contributed by atoms with E-state index in [1.54, 1.807) is 17.3 Å². The van der Waals surface area contributed by atoms with Crippen LogP contribution in [0.5, 0.6) is 0 Å². The van der Waals surface area contributed by atoms with E-state index in [0.29, 0.717) is 11.4 Å². The summed E-state index contributed by atoms with van der Waals surface area (Å²) in [6.45, 7) is 0.728. The van der Waals surface area contributed by atoms with Gasteiger partial charge in [-0.3, -0.25) is 4.79 Å². The topological polar surface area (TPSA) is 46.1 Å². The molecule has 2 aromatic carbocycles. The lowest BCUT2D eigenvalue weighted by molar-refractivity contribution is 0.0792. The monoisotopic (exact) mass is 345 g/mol. The second-order valence-corrected chi connectivity index (χ2v) is 6.33. The maximum Gasteiger partial charge on any atom is 0.256 e. The number of aryl methyl sites for hydroxylation is 1. The van der Waals surface area contributed by atoms with Crippen LogP contribution in [0.1, 0.15) is 28.8 Å². The highest BCUT2D eigenvalue weighted by atomic mass is 16.2. The Kier molecular flexibility index (Phi) is 6.09. The summed E-state index contributed by atoms with van der Waals surface area (Å²) in [5, 5.41) is 0. The van der Waals surface area contributed by atoms with Gasteiger partial charge in [0.2, 0.25) is 0 Å². The quantitative estimate of drug-likeness (QED) is 0.602. The molecular formula is C22H23N3O. The molecule has 4 heteroatoms. The lowest BCUT2D eigenvalue weighted by Gasteiger charge is -2.17. The SMILES string of the molecule is CN(CCCCc1ccccc1)C(=O)c1cnc(-c2ccccc2)nc1. The molecule has 0 unspecified atom stereocenters. The van der Waals surface area contributed by atoms with Crippen LogP contribution in [0.3, 0.4) is 0 Å². The third-order valence-corrected chi connectivity index (χ3v) is 4.33. The van der Waals surface area contributed by atoms with Crippen LogP contribution in [0.4, 0.5) is 0 Å². The standard InChI is InChI=1S/C22H23N3O/c1-25(15-9-8-12-18-10-4-2-5-11-18)22(26)20-16-23-21(24-17-20)19-13-6-3-7-14-19/h2-7,10-11,13-14,16-17H,8-9,12,15H2,1H3. The van der Waals surface area contributed by atoms with Crippen LogP contribution in [0.25, 0.3) is 11.4 Å². The number of rotatable bonds is 7. The molecule has 0 aliphatic heterocycles. The number of carbonyl (C=O) groups is 1. The van der Waals surface area contributed by atoms with Gasteiger partial charge in [-0.15, -0.1) is 0 Å². The highest BCUT2D eigenvalue weighted by Gasteiger charge is 2.12. The summed E-state index contributed by atoms with van der Waals surface area (Å²) in [5.41, 5.74) is 2.81. The van der Waals surface area contributed by atoms with Crippen LogP contribution in [-0.4, -0.2) is 34.4 Å². The van der Waals surface area contributed by atoms with E-state index in [4.69, 9.17) is 0 Å². The molecule has 0 aliphatic carbocycles. The van der Waals surface area contributed by atoms with Gasteiger partial charge >= 0.3 is 0 Å². The Morgan fingerprint density at radius 1 is 0.885 bits per heavy atom. The van der Waals surface area contributed by atoms with Gasteiger partial charge in [0.25, 0.3) is 5.91 Å². The number of nitrogens with zero attached hydrogens (tertiary/aromatic N) is 3. The molecule has 0 N–H and O–H groups in total. The summed E-state index contributed by atoms with van der Waals surface area (Å²) in [5.74, 6) is 0.594. The summed E-state index contributed by atoms with van der Waals surface area (Å²) in [6, 6.07) is 20.2. The van der Waals surface area contributed by atoms with Crippen LogP contribution in [0.15, 0.2) is 73.1 Å². The Morgan fingerprint density at radius 2 is 1.50 bits per heavy atom. The van der Waals surface area contributed by atoms with E-state index in [2.05, 4.69) is 34.2 Å². The first-order valence-electron chi connectivity index (χ1n) is 8.91. The fraction of sp³-hybridized carbons (Fsp3) is 0.227. The van der Waals surface area contributed by atoms with Crippen molar-refractivity contribution in [3.8, 4) is 11.4 Å². The molecule has 0 aliphatic rings. The van der Waals surface area contributed by atoms with Gasteiger partial charge in [0, 0.05) is 31.5 Å². The summed E-state index contributed by atoms with van der Waals surface area (Å²) < 4.78 is 0. The van der Waals surface area contributed by atoms with Crippen LogP contribution in [0, 0.1) is 0 Å². The Morgan fingerprint density at radius 3 is 2.15 bits per heavy atom. The summed E-state index contributed by atoms with van der Waals surface area (Å²) in [4.78, 5) is 22.9. The number of amides is 1. The van der Waals surface area contributed by atoms with Crippen LogP contribution in [-0.2, 0) is 6.42 Å². The molecule has 3 aromatic rings. The molecule has 1 aromatic heterocycles. The van der Waals surface area contributed by atoms with E-state index in [1.165, 1.54) is 5.56 Å². The number of carbonyl (C=O) groups excluding carboxylic acids is 1. The second kappa shape index (κ2) is 8.90. The number of unbranched alkanes of at least 4 members (excludes halogenated alkanes) is 1. The molecule has 0 fully saturated rings. The molecule has 3 rings (SSSR count). The molecule has 0 radical (unpaired) electrons. The lowest BCUT2D eigenvalue weighted by atomic mass is 10.1. The zero-order valence-electron chi connectivity index (χ0n) is 15.0. The van der Waals surface area contributed by atoms with E-state index in [-0.39, 0.29) is 5.91 Å². The van der Waals surface area contributed by atoms with Gasteiger partial charge in [0.15, 0.2) is 5.82 Å². The molecular weight excluding hydrogens is 322 g/mol. The van der Waals surface area contributed by atoms with Crippen molar-refractivity contribution in [1.82, 2.24) is 14.9 Å². The maximum absolute atomic E-state index is 12.5. The summed E-state index contributed by atoms with van der Waals surface area (Å²) >= 11 is 0. The molecule has 0 atom stereocenters. The van der Waals surface area contributed by atoms with Crippen molar-refractivity contribution in [2.75, 3.05) is 13.6 Å². The zero-order valence-corrected chi connectivity index (χ0v) is 15.0. The predicted octanol–water partition coefficient (Wildman–Crippen LogP) is 4.24. The minimum absolute atomic E-state index is 0.0377. The highest BCUT2D eigenvalue weighted by molar-refractivity contribution is 5.93. The minimum Gasteiger partial charge on any atom is -0.342 e. The van der Waals surface area contributed by atoms with Crippen LogP contribution >= 0.6 is 0 Å². The fourth-order valence-electron chi connectivity index (χ4n) is 2.82. The normalized spacial score (nSPS) is 10.5. The maximum atomic E-state index is 12.5. The van der Waals surface area contributed by atoms with E-state index >= 15 is 0 Å². The van der Waals surface area contributed by atoms with Crippen molar-refractivity contribution in [2.24, 2.45) is 0 Å². The average Bonchev–Trinajstić information content (AvgIpc) is 2.72. The van der Waals surface area contributed by atoms with Gasteiger partial charge in [-0.2, -0.15) is 0 Å². The molecule has 1 amide bonds. The highest BCUT2D eigenvalue weighted by Crippen LogP contribution is 2.14. The van der Waals surface area contributed by atoms with Crippen LogP contribution < -0.4 is 0 Å². The molecule has 26 heavy (non-hydrogen) atoms. The van der Waals surface area contributed by atoms with E-state index in [0.717, 1.165) is 31.4 Å². The van der Waals surface area contributed by atoms with Crippen LogP contribution in [0.2, 0.25) is 0 Å². The smallest absolute Gasteiger partial charge is 0.256 e. The minimum atomic E-state index is -0.0377. The van der Waals surface area contributed by atoms with Gasteiger partial charge in [0.1, 0.15) is 0 Å². The zero-order chi connectivity index (χ0) is 18.2. The summed E-state index contributed by atoms with van der Waals surface area (Å²) in [7, 11) is 1.83. The largest absolute Gasteiger partial charge is 0.342 e. The first-order valence-corrected chi connectivity index (χ1v) is 8.91. The molecule has 4 nitrogen and oxygen atoms in total. The Hall–Kier alpha value is -3.01. The summed E-state index contributed by atoms with van der Waals surface area (Å²) in [6.07, 6.45) is 6.29. The average molecular weight is 345 g/mol. The number of aromatic nitrogens is 2. The first kappa shape index (κ1) is 17.8. The molecule has 0 spiro atoms. The Labute approximate surface area is 154 Å². The van der Waals surface area contributed by atoms with Crippen molar-refractivity contribution >= 4 is 5.91 Å². The van der Waals surface area contributed by atoms with Gasteiger partial charge in [-0.25, -0.2) is 9.97 Å². The van der Waals surface area contributed by atoms with Gasteiger partial charge in [0.05, 0.1) is 5.56 Å². The fourth-order valence-corrected chi connectivity index (χ4v) is 2.82. The van der Waals surface area contributed by atoms with Gasteiger partial charge in [-0.05, 0) is 24.8 Å². The third-order valence-electron chi connectivity index (χ3n) is 4.33.